The molecule has 246 valence electrons. The number of likely N-dealkylation sites (N-methyl/N-ethyl adjacent to an activating group) is 1. The molecule has 0 amide bonds. The molecule has 0 aliphatic carbocycles. The molecule has 3 N–H and O–H groups in total. The fourth-order valence-corrected chi connectivity index (χ4v) is 9.19. The second-order valence-corrected chi connectivity index (χ2v) is 14.5. The second-order valence-electron chi connectivity index (χ2n) is 13.4. The molecule has 4 aliphatic rings. The number of hydrogen-bond acceptors (Lipinski definition) is 11. The zero-order chi connectivity index (χ0) is 32.6. The number of piperazine rings is 1. The van der Waals surface area contributed by atoms with E-state index < -0.39 is 17.7 Å². The number of benzene rings is 2. The molecular formula is C34H37F2N7O3S. The monoisotopic (exact) mass is 661 g/mol. The molecule has 10 nitrogen and oxygen atoms in total. The van der Waals surface area contributed by atoms with Gasteiger partial charge in [0.2, 0.25) is 0 Å². The van der Waals surface area contributed by atoms with E-state index in [2.05, 4.69) is 27.8 Å². The number of likely N-dealkylation sites (tertiary alicyclic amines) is 2. The summed E-state index contributed by atoms with van der Waals surface area (Å²) in [6, 6.07) is 5.48. The maximum absolute atomic E-state index is 17.4. The van der Waals surface area contributed by atoms with Crippen LogP contribution in [0.25, 0.3) is 32.1 Å². The van der Waals surface area contributed by atoms with Gasteiger partial charge in [-0.15, -0.1) is 11.3 Å². The normalized spacial score (nSPS) is 23.6. The van der Waals surface area contributed by atoms with Crippen LogP contribution in [0.2, 0.25) is 0 Å². The van der Waals surface area contributed by atoms with Crippen LogP contribution in [0.1, 0.15) is 49.3 Å². The number of ether oxygens (including phenoxy) is 2. The molecule has 4 atom stereocenters. The smallest absolute Gasteiger partial charge is 0.319 e. The topological polar surface area (TPSA) is 124 Å². The molecule has 2 aromatic heterocycles. The molecule has 3 saturated heterocycles. The first-order valence-electron chi connectivity index (χ1n) is 16.3. The third-order valence-electron chi connectivity index (χ3n) is 10.4. The van der Waals surface area contributed by atoms with E-state index in [9.17, 15) is 10.4 Å². The van der Waals surface area contributed by atoms with E-state index in [-0.39, 0.29) is 64.6 Å². The van der Waals surface area contributed by atoms with Crippen LogP contribution in [0.4, 0.5) is 19.6 Å². The first-order chi connectivity index (χ1) is 22.7. The lowest BCUT2D eigenvalue weighted by atomic mass is 9.90. The van der Waals surface area contributed by atoms with E-state index in [0.29, 0.717) is 40.0 Å². The number of nitrogen functional groups attached to an aromatic ring is 1. The highest BCUT2D eigenvalue weighted by molar-refractivity contribution is 7.23. The van der Waals surface area contributed by atoms with Crippen LogP contribution in [0.15, 0.2) is 12.1 Å². The Kier molecular flexibility index (Phi) is 7.69. The molecule has 2 bridgehead atoms. The van der Waals surface area contributed by atoms with Gasteiger partial charge in [-0.3, -0.25) is 4.90 Å². The molecule has 6 heterocycles. The number of thiophene rings is 1. The van der Waals surface area contributed by atoms with Gasteiger partial charge in [0.25, 0.3) is 0 Å². The quantitative estimate of drug-likeness (QED) is 0.286. The Bertz CT molecular complexity index is 1930. The van der Waals surface area contributed by atoms with Gasteiger partial charge < -0.3 is 30.1 Å². The molecule has 0 radical (unpaired) electrons. The van der Waals surface area contributed by atoms with Crippen molar-refractivity contribution in [3.8, 4) is 23.2 Å². The minimum atomic E-state index is -0.698. The van der Waals surface area contributed by atoms with E-state index in [0.717, 1.165) is 50.9 Å². The predicted molar refractivity (Wildman–Crippen MR) is 176 cm³/mol. The molecular weight excluding hydrogens is 624 g/mol. The van der Waals surface area contributed by atoms with Crippen LogP contribution in [0, 0.1) is 23.0 Å². The first kappa shape index (κ1) is 30.7. The number of rotatable bonds is 7. The molecule has 3 fully saturated rings. The van der Waals surface area contributed by atoms with Gasteiger partial charge in [-0.05, 0) is 69.5 Å². The van der Waals surface area contributed by atoms with Crippen molar-refractivity contribution in [3.05, 3.63) is 40.5 Å². The van der Waals surface area contributed by atoms with Crippen molar-refractivity contribution >= 4 is 43.1 Å². The van der Waals surface area contributed by atoms with E-state index in [1.54, 1.807) is 13.0 Å². The number of β-amino-alcohol motifs (C(OH)–C–C–N with tert-alkyl or cyclic N) is 1. The number of nitrogens with two attached hydrogens (primary N) is 1. The number of nitrogens with zero attached hydrogens (tertiary/aromatic N) is 6. The maximum atomic E-state index is 17.4. The van der Waals surface area contributed by atoms with Crippen molar-refractivity contribution in [2.75, 3.05) is 50.5 Å². The highest BCUT2D eigenvalue weighted by Gasteiger charge is 2.43. The molecule has 2 unspecified atom stereocenters. The van der Waals surface area contributed by atoms with Gasteiger partial charge in [0, 0.05) is 59.0 Å². The summed E-state index contributed by atoms with van der Waals surface area (Å²) in [6.45, 7) is 5.50. The summed E-state index contributed by atoms with van der Waals surface area (Å²) in [5.74, 6) is -0.741. The molecule has 8 rings (SSSR count). The SMILES string of the molecule is C[C@@H](O)CN1CC2CCC(C1)N2c1nc(OC[C@@H]2CCCN2C)nc2c(F)c(-c3c(F)ccc4sc(N)c(C#N)c34)c3c(c12)COC3. The highest BCUT2D eigenvalue weighted by atomic mass is 32.1. The number of aliphatic hydroxyl groups excluding tert-OH is 1. The van der Waals surface area contributed by atoms with E-state index >= 15 is 8.78 Å². The average molecular weight is 662 g/mol. The van der Waals surface area contributed by atoms with Crippen molar-refractivity contribution < 1.29 is 23.4 Å². The number of anilines is 2. The van der Waals surface area contributed by atoms with Gasteiger partial charge in [0.05, 0.1) is 30.3 Å². The summed E-state index contributed by atoms with van der Waals surface area (Å²) >= 11 is 1.18. The molecule has 2 aromatic carbocycles. The van der Waals surface area contributed by atoms with Crippen molar-refractivity contribution in [3.63, 3.8) is 0 Å². The minimum Gasteiger partial charge on any atom is -0.462 e. The van der Waals surface area contributed by atoms with Gasteiger partial charge in [-0.2, -0.15) is 15.2 Å². The van der Waals surface area contributed by atoms with Gasteiger partial charge in [0.1, 0.15) is 34.8 Å². The summed E-state index contributed by atoms with van der Waals surface area (Å²) in [7, 11) is 2.06. The number of halogens is 2. The fourth-order valence-electron chi connectivity index (χ4n) is 8.26. The fraction of sp³-hybridized carbons (Fsp3) is 0.500. The zero-order valence-electron chi connectivity index (χ0n) is 26.4. The molecule has 13 heteroatoms. The van der Waals surface area contributed by atoms with E-state index in [1.165, 1.54) is 17.4 Å². The number of fused-ring (bicyclic) bond motifs is 6. The van der Waals surface area contributed by atoms with E-state index in [4.69, 9.17) is 25.2 Å². The van der Waals surface area contributed by atoms with Crippen molar-refractivity contribution in [1.82, 2.24) is 19.8 Å². The molecule has 0 saturated carbocycles. The average Bonchev–Trinajstić information content (AvgIpc) is 3.81. The van der Waals surface area contributed by atoms with Crippen molar-refractivity contribution in [2.24, 2.45) is 0 Å². The Morgan fingerprint density at radius 3 is 2.60 bits per heavy atom. The summed E-state index contributed by atoms with van der Waals surface area (Å²) < 4.78 is 46.1. The standard InChI is InChI=1S/C34H37F2N7O3S/c1-17(44)11-42-12-18-5-6-19(13-42)43(18)33-28-23-16-45-15-22(23)27(29-24(35)7-8-25-26(29)21(10-37)32(38)47-25)30(36)31(28)39-34(40-33)46-14-20-4-3-9-41(20)2/h7-8,17-20,44H,3-6,9,11-16,38H2,1-2H3/t17-,18?,19?,20+/m1/s1. The van der Waals surface area contributed by atoms with Crippen LogP contribution >= 0.6 is 11.3 Å². The third-order valence-corrected chi connectivity index (χ3v) is 11.3. The summed E-state index contributed by atoms with van der Waals surface area (Å²) in [6.07, 6.45) is 3.52. The largest absolute Gasteiger partial charge is 0.462 e. The molecule has 47 heavy (non-hydrogen) atoms. The molecule has 0 spiro atoms. The van der Waals surface area contributed by atoms with Crippen LogP contribution < -0.4 is 15.4 Å². The predicted octanol–water partition coefficient (Wildman–Crippen LogP) is 4.78. The Morgan fingerprint density at radius 1 is 1.13 bits per heavy atom. The van der Waals surface area contributed by atoms with Crippen LogP contribution in [-0.4, -0.2) is 88.9 Å². The summed E-state index contributed by atoms with van der Waals surface area (Å²) in [5.41, 5.74) is 7.64. The lowest BCUT2D eigenvalue weighted by molar-refractivity contribution is 0.111. The van der Waals surface area contributed by atoms with Crippen LogP contribution in [0.3, 0.4) is 0 Å². The minimum absolute atomic E-state index is 0.00447. The Morgan fingerprint density at radius 2 is 1.89 bits per heavy atom. The number of hydrogen-bond donors (Lipinski definition) is 2. The maximum Gasteiger partial charge on any atom is 0.319 e. The van der Waals surface area contributed by atoms with Gasteiger partial charge in [-0.1, -0.05) is 0 Å². The summed E-state index contributed by atoms with van der Waals surface area (Å²) in [5, 5.41) is 21.2. The molecule has 4 aromatic rings. The Balaban J connectivity index is 1.34. The van der Waals surface area contributed by atoms with E-state index in [1.807, 2.05) is 0 Å². The van der Waals surface area contributed by atoms with Crippen LogP contribution in [-0.2, 0) is 18.0 Å². The van der Waals surface area contributed by atoms with Gasteiger partial charge in [-0.25, -0.2) is 8.78 Å². The molecule has 4 aliphatic heterocycles. The van der Waals surface area contributed by atoms with Crippen molar-refractivity contribution in [2.45, 2.75) is 70.1 Å². The lowest BCUT2D eigenvalue weighted by Gasteiger charge is -2.42. The van der Waals surface area contributed by atoms with Gasteiger partial charge >= 0.3 is 6.01 Å². The number of aliphatic hydroxyl groups is 1. The Hall–Kier alpha value is -3.67. The van der Waals surface area contributed by atoms with Crippen LogP contribution in [0.5, 0.6) is 6.01 Å². The second kappa shape index (κ2) is 11.8. The third kappa shape index (κ3) is 5.00. The number of aromatic nitrogens is 2. The van der Waals surface area contributed by atoms with Gasteiger partial charge in [0.15, 0.2) is 5.82 Å². The highest BCUT2D eigenvalue weighted by Crippen LogP contribution is 2.49. The Labute approximate surface area is 275 Å². The van der Waals surface area contributed by atoms with Crippen molar-refractivity contribution in [1.29, 1.82) is 5.26 Å². The number of nitriles is 1. The lowest BCUT2D eigenvalue weighted by Crippen LogP contribution is -2.55. The zero-order valence-corrected chi connectivity index (χ0v) is 27.2. The first-order valence-corrected chi connectivity index (χ1v) is 17.1. The summed E-state index contributed by atoms with van der Waals surface area (Å²) in [4.78, 5) is 16.5.